The first-order chi connectivity index (χ1) is 25.7. The van der Waals surface area contributed by atoms with Crippen LogP contribution in [-0.4, -0.2) is 4.57 Å². The Morgan fingerprint density at radius 1 is 0.385 bits per heavy atom. The van der Waals surface area contributed by atoms with Crippen molar-refractivity contribution in [3.05, 3.63) is 194 Å². The van der Waals surface area contributed by atoms with E-state index in [1.165, 1.54) is 48.8 Å². The minimum Gasteiger partial charge on any atom is -0.310 e. The highest BCUT2D eigenvalue weighted by atomic mass is 32.1. The number of hydrogen-bond donors (Lipinski definition) is 0. The molecule has 0 aliphatic rings. The van der Waals surface area contributed by atoms with Gasteiger partial charge in [-0.15, -0.1) is 11.3 Å². The molecule has 10 rings (SSSR count). The Hall–Kier alpha value is -6.49. The van der Waals surface area contributed by atoms with Crippen molar-refractivity contribution in [2.75, 3.05) is 4.90 Å². The number of para-hydroxylation sites is 1. The second kappa shape index (κ2) is 12.4. The molecule has 0 bridgehead atoms. The second-order valence-electron chi connectivity index (χ2n) is 13.1. The zero-order valence-electron chi connectivity index (χ0n) is 28.1. The first-order valence-corrected chi connectivity index (χ1v) is 18.3. The molecular formula is C48H31FN2S. The molecule has 0 saturated heterocycles. The first-order valence-electron chi connectivity index (χ1n) is 17.4. The lowest BCUT2D eigenvalue weighted by atomic mass is 10.0. The predicted octanol–water partition coefficient (Wildman–Crippen LogP) is 14.1. The van der Waals surface area contributed by atoms with Crippen LogP contribution in [0.25, 0.3) is 69.9 Å². The highest BCUT2D eigenvalue weighted by Crippen LogP contribution is 2.42. The van der Waals surface area contributed by atoms with Crippen molar-refractivity contribution in [1.29, 1.82) is 0 Å². The van der Waals surface area contributed by atoms with Gasteiger partial charge in [0.05, 0.1) is 11.0 Å². The van der Waals surface area contributed by atoms with Crippen molar-refractivity contribution in [2.24, 2.45) is 0 Å². The molecule has 0 radical (unpaired) electrons. The molecule has 246 valence electrons. The number of hydrogen-bond acceptors (Lipinski definition) is 2. The molecule has 10 aromatic rings. The zero-order valence-corrected chi connectivity index (χ0v) is 28.9. The topological polar surface area (TPSA) is 8.17 Å². The van der Waals surface area contributed by atoms with Crippen LogP contribution < -0.4 is 4.90 Å². The zero-order chi connectivity index (χ0) is 34.6. The van der Waals surface area contributed by atoms with Crippen LogP contribution >= 0.6 is 11.3 Å². The largest absolute Gasteiger partial charge is 0.310 e. The molecular weight excluding hydrogens is 656 g/mol. The van der Waals surface area contributed by atoms with Crippen LogP contribution in [0.2, 0.25) is 0 Å². The molecule has 0 saturated carbocycles. The van der Waals surface area contributed by atoms with Crippen molar-refractivity contribution < 1.29 is 4.39 Å². The predicted molar refractivity (Wildman–Crippen MR) is 219 cm³/mol. The summed E-state index contributed by atoms with van der Waals surface area (Å²) < 4.78 is 18.6. The van der Waals surface area contributed by atoms with E-state index < -0.39 is 0 Å². The number of benzene rings is 8. The lowest BCUT2D eigenvalue weighted by molar-refractivity contribution is 0.627. The van der Waals surface area contributed by atoms with Crippen LogP contribution in [0.1, 0.15) is 0 Å². The monoisotopic (exact) mass is 686 g/mol. The first kappa shape index (κ1) is 30.3. The maximum Gasteiger partial charge on any atom is 0.123 e. The molecule has 52 heavy (non-hydrogen) atoms. The highest BCUT2D eigenvalue weighted by Gasteiger charge is 2.17. The number of halogens is 1. The summed E-state index contributed by atoms with van der Waals surface area (Å²) in [6, 6.07) is 65.6. The van der Waals surface area contributed by atoms with Crippen LogP contribution in [0.15, 0.2) is 188 Å². The Labute approximate surface area is 304 Å². The maximum atomic E-state index is 13.8. The Balaban J connectivity index is 1.07. The molecule has 0 aliphatic heterocycles. The SMILES string of the molecule is Fc1ccc(-n2c3ccccc3c3cc(-c4ccc(N(c5ccc(-c6ccccc6)cc5)c5ccc6sc7ccccc7c6c5)cc4)ccc32)cc1. The van der Waals surface area contributed by atoms with Crippen molar-refractivity contribution in [2.45, 2.75) is 0 Å². The van der Waals surface area contributed by atoms with Gasteiger partial charge in [0.2, 0.25) is 0 Å². The lowest BCUT2D eigenvalue weighted by Gasteiger charge is -2.26. The van der Waals surface area contributed by atoms with Gasteiger partial charge in [-0.3, -0.25) is 0 Å². The third-order valence-corrected chi connectivity index (χ3v) is 11.2. The Morgan fingerprint density at radius 2 is 0.942 bits per heavy atom. The van der Waals surface area contributed by atoms with Crippen molar-refractivity contribution in [1.82, 2.24) is 4.57 Å². The summed E-state index contributed by atoms with van der Waals surface area (Å²) in [5, 5.41) is 4.89. The number of rotatable bonds is 6. The number of fused-ring (bicyclic) bond motifs is 6. The summed E-state index contributed by atoms with van der Waals surface area (Å²) in [4.78, 5) is 2.35. The molecule has 0 fully saturated rings. The standard InChI is InChI=1S/C48H31FN2S/c49-36-19-25-39(26-20-36)51-45-12-6-4-10-41(45)43-30-35(18-28-46(43)51)34-16-23-38(24-17-34)50(37-21-14-33(15-22-37)32-8-2-1-3-9-32)40-27-29-48-44(31-40)42-11-5-7-13-47(42)52-48/h1-31H. The molecule has 0 aliphatic carbocycles. The Morgan fingerprint density at radius 3 is 1.69 bits per heavy atom. The second-order valence-corrected chi connectivity index (χ2v) is 14.2. The van der Waals surface area contributed by atoms with Gasteiger partial charge in [-0.25, -0.2) is 4.39 Å². The quantitative estimate of drug-likeness (QED) is 0.169. The van der Waals surface area contributed by atoms with Crippen LogP contribution in [0, 0.1) is 5.82 Å². The average molecular weight is 687 g/mol. The minimum atomic E-state index is -0.237. The van der Waals surface area contributed by atoms with Crippen molar-refractivity contribution in [3.8, 4) is 27.9 Å². The van der Waals surface area contributed by atoms with E-state index in [0.29, 0.717) is 0 Å². The molecule has 2 nitrogen and oxygen atoms in total. The molecule has 0 spiro atoms. The number of nitrogens with zero attached hydrogens (tertiary/aromatic N) is 2. The van der Waals surface area contributed by atoms with E-state index in [1.807, 2.05) is 23.5 Å². The molecule has 0 unspecified atom stereocenters. The van der Waals surface area contributed by atoms with Crippen LogP contribution in [0.4, 0.5) is 21.5 Å². The van der Waals surface area contributed by atoms with E-state index in [4.69, 9.17) is 0 Å². The van der Waals surface area contributed by atoms with Gasteiger partial charge in [0.1, 0.15) is 5.82 Å². The molecule has 0 atom stereocenters. The van der Waals surface area contributed by atoms with Crippen LogP contribution in [0.3, 0.4) is 0 Å². The Bertz CT molecular complexity index is 2890. The smallest absolute Gasteiger partial charge is 0.123 e. The van der Waals surface area contributed by atoms with Gasteiger partial charge >= 0.3 is 0 Å². The molecule has 8 aromatic carbocycles. The summed E-state index contributed by atoms with van der Waals surface area (Å²) in [5.41, 5.74) is 11.1. The van der Waals surface area contributed by atoms with E-state index in [2.05, 4.69) is 173 Å². The summed E-state index contributed by atoms with van der Waals surface area (Å²) >= 11 is 1.84. The summed E-state index contributed by atoms with van der Waals surface area (Å²) in [5.74, 6) is -0.237. The molecule has 2 heterocycles. The molecule has 0 N–H and O–H groups in total. The summed E-state index contributed by atoms with van der Waals surface area (Å²) in [6.07, 6.45) is 0. The van der Waals surface area contributed by atoms with Crippen molar-refractivity contribution >= 4 is 70.4 Å². The molecule has 0 amide bonds. The third kappa shape index (κ3) is 5.15. The van der Waals surface area contributed by atoms with E-state index in [9.17, 15) is 4.39 Å². The normalized spacial score (nSPS) is 11.6. The van der Waals surface area contributed by atoms with E-state index in [-0.39, 0.29) is 5.82 Å². The fourth-order valence-corrected chi connectivity index (χ4v) is 8.64. The van der Waals surface area contributed by atoms with E-state index >= 15 is 0 Å². The third-order valence-electron chi connectivity index (χ3n) is 10.1. The molecule has 4 heteroatoms. The Kier molecular flexibility index (Phi) is 7.22. The fourth-order valence-electron chi connectivity index (χ4n) is 7.56. The van der Waals surface area contributed by atoms with Gasteiger partial charge in [0.25, 0.3) is 0 Å². The van der Waals surface area contributed by atoms with E-state index in [1.54, 1.807) is 0 Å². The van der Waals surface area contributed by atoms with Gasteiger partial charge in [-0.2, -0.15) is 0 Å². The summed E-state index contributed by atoms with van der Waals surface area (Å²) in [6.45, 7) is 0. The van der Waals surface area contributed by atoms with Crippen LogP contribution in [0.5, 0.6) is 0 Å². The van der Waals surface area contributed by atoms with E-state index in [0.717, 1.165) is 50.3 Å². The molecule has 2 aromatic heterocycles. The van der Waals surface area contributed by atoms with Gasteiger partial charge in [-0.1, -0.05) is 97.1 Å². The lowest BCUT2D eigenvalue weighted by Crippen LogP contribution is -2.09. The van der Waals surface area contributed by atoms with Gasteiger partial charge < -0.3 is 9.47 Å². The van der Waals surface area contributed by atoms with Gasteiger partial charge in [-0.05, 0) is 113 Å². The van der Waals surface area contributed by atoms with Gasteiger partial charge in [0.15, 0.2) is 0 Å². The number of thiophene rings is 1. The van der Waals surface area contributed by atoms with Crippen molar-refractivity contribution in [3.63, 3.8) is 0 Å². The van der Waals surface area contributed by atoms with Crippen LogP contribution in [-0.2, 0) is 0 Å². The number of aromatic nitrogens is 1. The fraction of sp³-hybridized carbons (Fsp3) is 0. The maximum absolute atomic E-state index is 13.8. The average Bonchev–Trinajstić information content (AvgIpc) is 3.74. The highest BCUT2D eigenvalue weighted by molar-refractivity contribution is 7.25. The minimum absolute atomic E-state index is 0.237. The number of anilines is 3. The van der Waals surface area contributed by atoms with Gasteiger partial charge in [0, 0.05) is 53.7 Å². The summed E-state index contributed by atoms with van der Waals surface area (Å²) in [7, 11) is 0.